The van der Waals surface area contributed by atoms with Gasteiger partial charge in [-0.2, -0.15) is 5.10 Å². The third kappa shape index (κ3) is 4.11. The largest absolute Gasteiger partial charge is 0.370 e. The van der Waals surface area contributed by atoms with Gasteiger partial charge in [0.05, 0.1) is 43.6 Å². The predicted molar refractivity (Wildman–Crippen MR) is 132 cm³/mol. The molecule has 13 heteroatoms. The summed E-state index contributed by atoms with van der Waals surface area (Å²) in [6, 6.07) is 3.31. The van der Waals surface area contributed by atoms with E-state index in [2.05, 4.69) is 14.8 Å². The van der Waals surface area contributed by atoms with E-state index in [0.717, 1.165) is 45.6 Å². The highest BCUT2D eigenvalue weighted by Crippen LogP contribution is 2.37. The van der Waals surface area contributed by atoms with Gasteiger partial charge in [-0.3, -0.25) is 23.6 Å². The lowest BCUT2D eigenvalue weighted by Gasteiger charge is -2.12. The van der Waals surface area contributed by atoms with Gasteiger partial charge in [-0.1, -0.05) is 0 Å². The van der Waals surface area contributed by atoms with Gasteiger partial charge in [0.2, 0.25) is 0 Å². The van der Waals surface area contributed by atoms with Gasteiger partial charge >= 0.3 is 5.69 Å². The lowest BCUT2D eigenvalue weighted by molar-refractivity contribution is 0.133. The second-order valence-corrected chi connectivity index (χ2v) is 12.6. The van der Waals surface area contributed by atoms with Crippen LogP contribution >= 0.6 is 11.3 Å². The first-order valence-corrected chi connectivity index (χ1v) is 13.7. The van der Waals surface area contributed by atoms with Gasteiger partial charge in [0.1, 0.15) is 9.04 Å². The SMILES string of the molecule is Cn1cc(Cn2c(=O)c3cc(S(=O)(=O)NC4(C)CC4)sc3n(Cc3cnc4c(c3)COC4)c2=O)cn1. The summed E-state index contributed by atoms with van der Waals surface area (Å²) in [4.78, 5) is 31.8. The fourth-order valence-corrected chi connectivity index (χ4v) is 7.26. The van der Waals surface area contributed by atoms with E-state index in [1.165, 1.54) is 10.6 Å². The number of rotatable bonds is 7. The van der Waals surface area contributed by atoms with E-state index in [-0.39, 0.29) is 22.7 Å². The van der Waals surface area contributed by atoms with Crippen molar-refractivity contribution in [3.63, 3.8) is 0 Å². The molecule has 11 nitrogen and oxygen atoms in total. The average molecular weight is 529 g/mol. The zero-order valence-corrected chi connectivity index (χ0v) is 21.4. The molecule has 1 saturated carbocycles. The van der Waals surface area contributed by atoms with Crippen LogP contribution in [0, 0.1) is 0 Å². The monoisotopic (exact) mass is 528 g/mol. The first-order chi connectivity index (χ1) is 17.1. The molecule has 0 spiro atoms. The summed E-state index contributed by atoms with van der Waals surface area (Å²) >= 11 is 0.929. The van der Waals surface area contributed by atoms with Crippen molar-refractivity contribution in [1.29, 1.82) is 0 Å². The summed E-state index contributed by atoms with van der Waals surface area (Å²) < 4.78 is 38.5. The minimum absolute atomic E-state index is 0.00970. The molecule has 0 amide bonds. The Kier molecular flexibility index (Phi) is 5.30. The molecular weight excluding hydrogens is 504 g/mol. The first kappa shape index (κ1) is 23.3. The summed E-state index contributed by atoms with van der Waals surface area (Å²) in [5.41, 5.74) is 1.74. The van der Waals surface area contributed by atoms with Crippen molar-refractivity contribution in [3.8, 4) is 0 Å². The molecule has 0 radical (unpaired) electrons. The smallest absolute Gasteiger partial charge is 0.332 e. The molecule has 1 fully saturated rings. The minimum atomic E-state index is -3.85. The Morgan fingerprint density at radius 3 is 2.61 bits per heavy atom. The Hall–Kier alpha value is -3.13. The van der Waals surface area contributed by atoms with Crippen molar-refractivity contribution in [2.45, 2.75) is 55.8 Å². The molecule has 0 saturated heterocycles. The topological polar surface area (TPSA) is 130 Å². The molecule has 2 aliphatic rings. The molecule has 1 aliphatic heterocycles. The number of nitrogens with one attached hydrogen (secondary N) is 1. The summed E-state index contributed by atoms with van der Waals surface area (Å²) in [6.45, 7) is 2.90. The van der Waals surface area contributed by atoms with E-state index < -0.39 is 26.8 Å². The number of aryl methyl sites for hydroxylation is 1. The molecule has 6 rings (SSSR count). The van der Waals surface area contributed by atoms with Crippen LogP contribution in [0.1, 0.15) is 42.1 Å². The summed E-state index contributed by atoms with van der Waals surface area (Å²) in [7, 11) is -2.10. The van der Waals surface area contributed by atoms with Gasteiger partial charge < -0.3 is 4.74 Å². The molecule has 4 aromatic rings. The van der Waals surface area contributed by atoms with Gasteiger partial charge in [0, 0.05) is 36.1 Å². The lowest BCUT2D eigenvalue weighted by Crippen LogP contribution is -2.40. The maximum atomic E-state index is 13.6. The third-order valence-corrected chi connectivity index (χ3v) is 9.84. The van der Waals surface area contributed by atoms with Gasteiger partial charge in [-0.15, -0.1) is 11.3 Å². The van der Waals surface area contributed by atoms with E-state index in [1.54, 1.807) is 30.3 Å². The van der Waals surface area contributed by atoms with E-state index in [1.807, 2.05) is 13.0 Å². The Morgan fingerprint density at radius 1 is 1.11 bits per heavy atom. The van der Waals surface area contributed by atoms with Crippen molar-refractivity contribution < 1.29 is 13.2 Å². The molecule has 1 N–H and O–H groups in total. The second-order valence-electron chi connectivity index (χ2n) is 9.67. The number of hydrogen-bond acceptors (Lipinski definition) is 8. The van der Waals surface area contributed by atoms with Crippen LogP contribution in [-0.2, 0) is 48.1 Å². The fraction of sp³-hybridized carbons (Fsp3) is 0.391. The van der Waals surface area contributed by atoms with Gasteiger partial charge in [0.15, 0.2) is 0 Å². The first-order valence-electron chi connectivity index (χ1n) is 11.4. The molecule has 188 valence electrons. The molecule has 4 aromatic heterocycles. The zero-order valence-electron chi connectivity index (χ0n) is 19.7. The van der Waals surface area contributed by atoms with Crippen molar-refractivity contribution in [2.24, 2.45) is 7.05 Å². The summed E-state index contributed by atoms with van der Waals surface area (Å²) in [6.07, 6.45) is 6.52. The van der Waals surface area contributed by atoms with Gasteiger partial charge in [-0.25, -0.2) is 17.9 Å². The molecule has 1 aliphatic carbocycles. The van der Waals surface area contributed by atoms with E-state index in [0.29, 0.717) is 23.6 Å². The average Bonchev–Trinajstić information content (AvgIpc) is 3.25. The number of sulfonamides is 1. The van der Waals surface area contributed by atoms with E-state index in [9.17, 15) is 18.0 Å². The molecule has 0 unspecified atom stereocenters. The minimum Gasteiger partial charge on any atom is -0.370 e. The quantitative estimate of drug-likeness (QED) is 0.383. The lowest BCUT2D eigenvalue weighted by atomic mass is 10.1. The fourth-order valence-electron chi connectivity index (χ4n) is 4.36. The van der Waals surface area contributed by atoms with Crippen molar-refractivity contribution in [2.75, 3.05) is 0 Å². The second kappa shape index (κ2) is 8.20. The molecule has 5 heterocycles. The van der Waals surface area contributed by atoms with E-state index in [4.69, 9.17) is 4.74 Å². The van der Waals surface area contributed by atoms with Crippen LogP contribution in [0.4, 0.5) is 0 Å². The van der Waals surface area contributed by atoms with Crippen LogP contribution < -0.4 is 16.0 Å². The molecule has 36 heavy (non-hydrogen) atoms. The normalized spacial score (nSPS) is 16.5. The van der Waals surface area contributed by atoms with Crippen LogP contribution in [0.5, 0.6) is 0 Å². The number of thiophene rings is 1. The van der Waals surface area contributed by atoms with Crippen LogP contribution in [0.25, 0.3) is 10.2 Å². The van der Waals surface area contributed by atoms with Crippen LogP contribution in [0.2, 0.25) is 0 Å². The Labute approximate surface area is 210 Å². The van der Waals surface area contributed by atoms with Crippen LogP contribution in [0.15, 0.2) is 44.5 Å². The predicted octanol–water partition coefficient (Wildman–Crippen LogP) is 1.31. The zero-order chi connectivity index (χ0) is 25.2. The number of aromatic nitrogens is 5. The number of ether oxygens (including phenoxy) is 1. The standard InChI is InChI=1S/C23H24N6O5S2/c1-23(3-4-23)26-36(32,33)19-6-17-20(30)28(11-15-8-25-27(2)9-15)22(31)29(21(17)35-19)10-14-5-16-12-34-13-18(16)24-7-14/h5-9,26H,3-4,10-13H2,1-2H3. The third-order valence-electron chi connectivity index (χ3n) is 6.57. The molecule has 0 atom stereocenters. The number of nitrogens with zero attached hydrogens (tertiary/aromatic N) is 5. The number of fused-ring (bicyclic) bond motifs is 2. The van der Waals surface area contributed by atoms with E-state index >= 15 is 0 Å². The maximum Gasteiger partial charge on any atom is 0.332 e. The molecule has 0 aromatic carbocycles. The highest BCUT2D eigenvalue weighted by atomic mass is 32.2. The highest BCUT2D eigenvalue weighted by Gasteiger charge is 2.41. The summed E-state index contributed by atoms with van der Waals surface area (Å²) in [5, 5.41) is 4.30. The Morgan fingerprint density at radius 2 is 1.89 bits per heavy atom. The summed E-state index contributed by atoms with van der Waals surface area (Å²) in [5.74, 6) is 0. The van der Waals surface area contributed by atoms with Gasteiger partial charge in [0.25, 0.3) is 15.6 Å². The van der Waals surface area contributed by atoms with Crippen LogP contribution in [0.3, 0.4) is 0 Å². The molecule has 0 bridgehead atoms. The molecular formula is C23H24N6O5S2. The van der Waals surface area contributed by atoms with Crippen molar-refractivity contribution in [1.82, 2.24) is 28.6 Å². The maximum absolute atomic E-state index is 13.6. The van der Waals surface area contributed by atoms with Gasteiger partial charge in [-0.05, 0) is 37.5 Å². The number of hydrogen-bond donors (Lipinski definition) is 1. The van der Waals surface area contributed by atoms with Crippen LogP contribution in [-0.4, -0.2) is 37.9 Å². The van der Waals surface area contributed by atoms with Crippen molar-refractivity contribution in [3.05, 3.63) is 73.9 Å². The van der Waals surface area contributed by atoms with Crippen molar-refractivity contribution >= 4 is 31.6 Å². The Balaban J connectivity index is 1.51. The Bertz CT molecular complexity index is 1740. The highest BCUT2D eigenvalue weighted by molar-refractivity contribution is 7.91. The number of pyridine rings is 1.